The Morgan fingerprint density at radius 1 is 1.39 bits per heavy atom. The minimum Gasteiger partial charge on any atom is -0.454 e. The molecule has 1 aliphatic heterocycles. The first kappa shape index (κ1) is 17.5. The molecule has 0 aromatic carbocycles. The van der Waals surface area contributed by atoms with Crippen molar-refractivity contribution in [1.82, 2.24) is 10.2 Å². The highest BCUT2D eigenvalue weighted by molar-refractivity contribution is 9.10. The van der Waals surface area contributed by atoms with E-state index in [1.54, 1.807) is 11.0 Å². The third-order valence-corrected chi connectivity index (χ3v) is 4.10. The molecule has 1 aromatic heterocycles. The summed E-state index contributed by atoms with van der Waals surface area (Å²) in [5.41, 5.74) is 0. The van der Waals surface area contributed by atoms with Gasteiger partial charge in [0.15, 0.2) is 17.0 Å². The second-order valence-corrected chi connectivity index (χ2v) is 6.16. The zero-order valence-corrected chi connectivity index (χ0v) is 14.4. The summed E-state index contributed by atoms with van der Waals surface area (Å²) in [6.07, 6.45) is 3.05. The molecule has 0 saturated carbocycles. The van der Waals surface area contributed by atoms with Gasteiger partial charge in [0.05, 0.1) is 0 Å². The highest BCUT2D eigenvalue weighted by atomic mass is 79.9. The summed E-state index contributed by atoms with van der Waals surface area (Å²) in [6.45, 7) is 2.06. The number of nitrogens with zero attached hydrogens (tertiary/aromatic N) is 1. The molecule has 2 heterocycles. The van der Waals surface area contributed by atoms with Crippen molar-refractivity contribution in [2.45, 2.75) is 32.2 Å². The molecule has 8 heteroatoms. The zero-order chi connectivity index (χ0) is 16.8. The molecule has 1 fully saturated rings. The molecular formula is C15H19BrN2O5. The van der Waals surface area contributed by atoms with E-state index in [9.17, 15) is 14.4 Å². The molecule has 1 aromatic rings. The van der Waals surface area contributed by atoms with E-state index < -0.39 is 11.9 Å². The summed E-state index contributed by atoms with van der Waals surface area (Å²) in [4.78, 5) is 37.0. The minimum absolute atomic E-state index is 0.0860. The number of piperidine rings is 1. The van der Waals surface area contributed by atoms with E-state index in [4.69, 9.17) is 9.15 Å². The summed E-state index contributed by atoms with van der Waals surface area (Å²) >= 11 is 3.08. The van der Waals surface area contributed by atoms with Crippen molar-refractivity contribution in [3.63, 3.8) is 0 Å². The van der Waals surface area contributed by atoms with Crippen LogP contribution in [-0.2, 0) is 14.3 Å². The summed E-state index contributed by atoms with van der Waals surface area (Å²) in [5, 5.41) is 2.37. The Labute approximate surface area is 142 Å². The number of halogens is 1. The van der Waals surface area contributed by atoms with Crippen molar-refractivity contribution in [1.29, 1.82) is 0 Å². The molecule has 1 N–H and O–H groups in total. The van der Waals surface area contributed by atoms with Gasteiger partial charge in [-0.25, -0.2) is 0 Å². The molecule has 1 aliphatic rings. The molecule has 2 rings (SSSR count). The first-order valence-corrected chi connectivity index (χ1v) is 8.25. The van der Waals surface area contributed by atoms with Crippen LogP contribution in [0.5, 0.6) is 0 Å². The van der Waals surface area contributed by atoms with Crippen LogP contribution in [0.3, 0.4) is 0 Å². The number of likely N-dealkylation sites (tertiary alicyclic amines) is 1. The number of esters is 1. The Bertz CT molecular complexity index is 586. The first-order chi connectivity index (χ1) is 11.0. The van der Waals surface area contributed by atoms with Crippen molar-refractivity contribution in [2.75, 3.05) is 19.7 Å². The molecule has 0 aliphatic carbocycles. The number of nitrogens with one attached hydrogen (secondary N) is 1. The van der Waals surface area contributed by atoms with Gasteiger partial charge in [0.1, 0.15) is 6.54 Å². The predicted octanol–water partition coefficient (Wildman–Crippen LogP) is 1.72. The van der Waals surface area contributed by atoms with E-state index in [2.05, 4.69) is 21.2 Å². The maximum absolute atomic E-state index is 12.0. The average molecular weight is 387 g/mol. The van der Waals surface area contributed by atoms with Gasteiger partial charge >= 0.3 is 5.97 Å². The predicted molar refractivity (Wildman–Crippen MR) is 84.7 cm³/mol. The van der Waals surface area contributed by atoms with Gasteiger partial charge in [-0.1, -0.05) is 0 Å². The monoisotopic (exact) mass is 386 g/mol. The molecule has 1 atom stereocenters. The fraction of sp³-hybridized carbons (Fsp3) is 0.533. The lowest BCUT2D eigenvalue weighted by Crippen LogP contribution is -2.44. The number of amides is 2. The lowest BCUT2D eigenvalue weighted by Gasteiger charge is -2.33. The quantitative estimate of drug-likeness (QED) is 0.778. The van der Waals surface area contributed by atoms with Crippen molar-refractivity contribution in [2.24, 2.45) is 0 Å². The fourth-order valence-corrected chi connectivity index (χ4v) is 2.73. The van der Waals surface area contributed by atoms with Gasteiger partial charge in [-0.05, 0) is 54.2 Å². The zero-order valence-electron chi connectivity index (χ0n) is 12.8. The van der Waals surface area contributed by atoms with E-state index in [-0.39, 0.29) is 30.9 Å². The number of rotatable bonds is 5. The maximum atomic E-state index is 12.0. The molecule has 2 amide bonds. The summed E-state index contributed by atoms with van der Waals surface area (Å²) in [5.74, 6) is -1.31. The number of ether oxygens (including phenoxy) is 1. The molecule has 23 heavy (non-hydrogen) atoms. The SMILES string of the molecule is C[C@H]1CCCCN1C(=O)COC(=O)CNC(=O)c1ccc(Br)o1. The van der Waals surface area contributed by atoms with Gasteiger partial charge in [-0.15, -0.1) is 0 Å². The molecule has 0 bridgehead atoms. The van der Waals surface area contributed by atoms with Crippen LogP contribution in [0.15, 0.2) is 21.2 Å². The Balaban J connectivity index is 1.70. The standard InChI is InChI=1S/C15H19BrN2O5/c1-10-4-2-3-7-18(10)13(19)9-22-14(20)8-17-15(21)11-5-6-12(16)23-11/h5-6,10H,2-4,7-9H2,1H3,(H,17,21)/t10-/m0/s1. The highest BCUT2D eigenvalue weighted by Gasteiger charge is 2.24. The third-order valence-electron chi connectivity index (χ3n) is 3.67. The molecular weight excluding hydrogens is 368 g/mol. The molecule has 0 unspecified atom stereocenters. The van der Waals surface area contributed by atoms with Crippen molar-refractivity contribution in [3.8, 4) is 0 Å². The topological polar surface area (TPSA) is 88.9 Å². The average Bonchev–Trinajstić information content (AvgIpc) is 2.97. The van der Waals surface area contributed by atoms with Crippen LogP contribution in [0, 0.1) is 0 Å². The second-order valence-electron chi connectivity index (χ2n) is 5.38. The van der Waals surface area contributed by atoms with Crippen LogP contribution < -0.4 is 5.32 Å². The van der Waals surface area contributed by atoms with Gasteiger partial charge in [-0.2, -0.15) is 0 Å². The Hall–Kier alpha value is -1.83. The lowest BCUT2D eigenvalue weighted by molar-refractivity contribution is -0.152. The van der Waals surface area contributed by atoms with Crippen molar-refractivity contribution < 1.29 is 23.5 Å². The van der Waals surface area contributed by atoms with Gasteiger partial charge in [-0.3, -0.25) is 14.4 Å². The summed E-state index contributed by atoms with van der Waals surface area (Å²) < 4.78 is 10.4. The Morgan fingerprint density at radius 2 is 2.17 bits per heavy atom. The molecule has 1 saturated heterocycles. The molecule has 7 nitrogen and oxygen atoms in total. The van der Waals surface area contributed by atoms with Crippen LogP contribution in [0.4, 0.5) is 0 Å². The third kappa shape index (κ3) is 5.09. The normalized spacial score (nSPS) is 17.7. The van der Waals surface area contributed by atoms with Gasteiger partial charge in [0, 0.05) is 12.6 Å². The van der Waals surface area contributed by atoms with Crippen LogP contribution >= 0.6 is 15.9 Å². The van der Waals surface area contributed by atoms with E-state index in [1.807, 2.05) is 6.92 Å². The van der Waals surface area contributed by atoms with E-state index in [1.165, 1.54) is 6.07 Å². The van der Waals surface area contributed by atoms with Gasteiger partial charge in [0.25, 0.3) is 11.8 Å². The number of hydrogen-bond donors (Lipinski definition) is 1. The van der Waals surface area contributed by atoms with Gasteiger partial charge in [0.2, 0.25) is 0 Å². The second kappa shape index (κ2) is 8.14. The van der Waals surface area contributed by atoms with E-state index in [0.29, 0.717) is 11.2 Å². The summed E-state index contributed by atoms with van der Waals surface area (Å²) in [7, 11) is 0. The van der Waals surface area contributed by atoms with E-state index >= 15 is 0 Å². The highest BCUT2D eigenvalue weighted by Crippen LogP contribution is 2.16. The molecule has 0 radical (unpaired) electrons. The van der Waals surface area contributed by atoms with Crippen molar-refractivity contribution >= 4 is 33.7 Å². The van der Waals surface area contributed by atoms with E-state index in [0.717, 1.165) is 19.3 Å². The van der Waals surface area contributed by atoms with Crippen LogP contribution in [0.1, 0.15) is 36.7 Å². The number of carbonyl (C=O) groups excluding carboxylic acids is 3. The van der Waals surface area contributed by atoms with Gasteiger partial charge < -0.3 is 19.4 Å². The molecule has 126 valence electrons. The maximum Gasteiger partial charge on any atom is 0.325 e. The van der Waals surface area contributed by atoms with Crippen molar-refractivity contribution in [3.05, 3.63) is 22.6 Å². The van der Waals surface area contributed by atoms with Crippen LogP contribution in [0.25, 0.3) is 0 Å². The lowest BCUT2D eigenvalue weighted by atomic mass is 10.0. The smallest absolute Gasteiger partial charge is 0.325 e. The van der Waals surface area contributed by atoms with Crippen LogP contribution in [-0.4, -0.2) is 48.4 Å². The number of hydrogen-bond acceptors (Lipinski definition) is 5. The number of furan rings is 1. The number of carbonyl (C=O) groups is 3. The molecule has 0 spiro atoms. The van der Waals surface area contributed by atoms with Crippen LogP contribution in [0.2, 0.25) is 0 Å². The largest absolute Gasteiger partial charge is 0.454 e. The Morgan fingerprint density at radius 3 is 2.83 bits per heavy atom. The Kier molecular flexibility index (Phi) is 6.20. The fourth-order valence-electron chi connectivity index (χ4n) is 2.42. The summed E-state index contributed by atoms with van der Waals surface area (Å²) in [6, 6.07) is 3.23. The minimum atomic E-state index is -0.665. The first-order valence-electron chi connectivity index (χ1n) is 7.46.